The molecule has 2 heteroatoms. The van der Waals surface area contributed by atoms with Crippen LogP contribution in [0.15, 0.2) is 6.20 Å². The zero-order valence-electron chi connectivity index (χ0n) is 5.94. The van der Waals surface area contributed by atoms with Crippen molar-refractivity contribution in [1.82, 2.24) is 4.98 Å². The first-order valence-electron chi connectivity index (χ1n) is 3.34. The van der Waals surface area contributed by atoms with Crippen LogP contribution in [-0.4, -0.2) is 4.98 Å². The van der Waals surface area contributed by atoms with E-state index >= 15 is 0 Å². The zero-order chi connectivity index (χ0) is 6.69. The van der Waals surface area contributed by atoms with E-state index in [0.29, 0.717) is 0 Å². The molecule has 1 aromatic heterocycles. The van der Waals surface area contributed by atoms with Gasteiger partial charge in [0, 0.05) is 11.6 Å². The fourth-order valence-corrected chi connectivity index (χ4v) is 1.85. The van der Waals surface area contributed by atoms with Crippen molar-refractivity contribution in [1.29, 1.82) is 0 Å². The highest BCUT2D eigenvalue weighted by atomic mass is 31.0. The van der Waals surface area contributed by atoms with Gasteiger partial charge in [-0.05, 0) is 26.8 Å². The van der Waals surface area contributed by atoms with Crippen LogP contribution in [0.2, 0.25) is 0 Å². The smallest absolute Gasteiger partial charge is 0.0426 e. The molecular formula is C7H12NP. The summed E-state index contributed by atoms with van der Waals surface area (Å²) >= 11 is 0. The summed E-state index contributed by atoms with van der Waals surface area (Å²) in [4.78, 5) is 3.25. The fourth-order valence-electron chi connectivity index (χ4n) is 0.830. The minimum atomic E-state index is 1.22. The van der Waals surface area contributed by atoms with E-state index in [0.717, 1.165) is 0 Å². The lowest BCUT2D eigenvalue weighted by molar-refractivity contribution is 0.909. The molecule has 0 radical (unpaired) electrons. The molecule has 1 N–H and O–H groups in total. The Kier molecular flexibility index (Phi) is 2.29. The number of H-pyrrole nitrogens is 1. The minimum absolute atomic E-state index is 1.22. The monoisotopic (exact) mass is 141 g/mol. The number of hydrogen-bond acceptors (Lipinski definition) is 0. The van der Waals surface area contributed by atoms with E-state index in [1.165, 1.54) is 31.8 Å². The third-order valence-corrected chi connectivity index (χ3v) is 2.35. The van der Waals surface area contributed by atoms with Crippen LogP contribution < -0.4 is 0 Å². The number of aryl methyl sites for hydroxylation is 2. The van der Waals surface area contributed by atoms with Crippen LogP contribution in [0.5, 0.6) is 0 Å². The molecule has 0 fully saturated rings. The maximum absolute atomic E-state index is 3.25. The highest BCUT2D eigenvalue weighted by molar-refractivity contribution is 7.31. The van der Waals surface area contributed by atoms with Gasteiger partial charge in [0.2, 0.25) is 0 Å². The summed E-state index contributed by atoms with van der Waals surface area (Å²) in [6.45, 7) is 4.36. The number of rotatable bonds is 2. The van der Waals surface area contributed by atoms with Gasteiger partial charge in [-0.15, -0.1) is 0 Å². The lowest BCUT2D eigenvalue weighted by atomic mass is 10.4. The summed E-state index contributed by atoms with van der Waals surface area (Å²) in [6, 6.07) is 0. The van der Waals surface area contributed by atoms with Crippen LogP contribution >= 0.6 is 8.19 Å². The van der Waals surface area contributed by atoms with Gasteiger partial charge < -0.3 is 4.98 Å². The molecule has 0 aliphatic carbocycles. The second kappa shape index (κ2) is 3.03. The summed E-state index contributed by atoms with van der Waals surface area (Å²) in [5, 5.41) is 1.43. The quantitative estimate of drug-likeness (QED) is 0.651. The van der Waals surface area contributed by atoms with Crippen molar-refractivity contribution < 1.29 is 0 Å². The van der Waals surface area contributed by atoms with Crippen molar-refractivity contribution in [2.24, 2.45) is 0 Å². The Morgan fingerprint density at radius 1 is 1.67 bits per heavy atom. The number of aromatic amines is 1. The van der Waals surface area contributed by atoms with E-state index in [2.05, 4.69) is 25.0 Å². The van der Waals surface area contributed by atoms with Gasteiger partial charge in [0.1, 0.15) is 0 Å². The van der Waals surface area contributed by atoms with Gasteiger partial charge in [0.25, 0.3) is 0 Å². The highest BCUT2D eigenvalue weighted by Crippen LogP contribution is 2.18. The van der Waals surface area contributed by atoms with Crippen molar-refractivity contribution in [3.05, 3.63) is 16.9 Å². The van der Waals surface area contributed by atoms with E-state index in [-0.39, 0.29) is 0 Å². The summed E-state index contributed by atoms with van der Waals surface area (Å²) in [7, 11) is 1.40. The molecule has 1 rings (SSSR count). The van der Waals surface area contributed by atoms with Crippen molar-refractivity contribution >= 4 is 8.19 Å². The average Bonchev–Trinajstić information content (AvgIpc) is 2.17. The third kappa shape index (κ3) is 1.83. The number of nitrogens with one attached hydrogen (secondary N) is 1. The molecule has 0 aliphatic heterocycles. The maximum atomic E-state index is 3.25. The van der Waals surface area contributed by atoms with E-state index < -0.39 is 0 Å². The van der Waals surface area contributed by atoms with Gasteiger partial charge in [0.15, 0.2) is 0 Å². The molecule has 0 aliphatic rings. The Morgan fingerprint density at radius 3 is 2.89 bits per heavy atom. The predicted molar refractivity (Wildman–Crippen MR) is 42.0 cm³/mol. The van der Waals surface area contributed by atoms with Gasteiger partial charge in [-0.25, -0.2) is 0 Å². The van der Waals surface area contributed by atoms with Gasteiger partial charge in [-0.3, -0.25) is 0 Å². The first kappa shape index (κ1) is 6.82. The summed E-state index contributed by atoms with van der Waals surface area (Å²) < 4.78 is 0. The van der Waals surface area contributed by atoms with Gasteiger partial charge in [-0.2, -0.15) is 0 Å². The Hall–Kier alpha value is -0.290. The summed E-state index contributed by atoms with van der Waals surface area (Å²) in [6.07, 6.45) is 4.55. The molecule has 50 valence electrons. The Bertz CT molecular complexity index is 181. The maximum Gasteiger partial charge on any atom is 0.0426 e. The van der Waals surface area contributed by atoms with Crippen LogP contribution in [0.25, 0.3) is 0 Å². The second-order valence-corrected chi connectivity index (χ2v) is 3.71. The summed E-state index contributed by atoms with van der Waals surface area (Å²) in [5.74, 6) is 0. The molecule has 0 spiro atoms. The van der Waals surface area contributed by atoms with Crippen LogP contribution in [0.1, 0.15) is 24.1 Å². The van der Waals surface area contributed by atoms with Crippen molar-refractivity contribution in [3.8, 4) is 0 Å². The molecule has 0 unspecified atom stereocenters. The van der Waals surface area contributed by atoms with E-state index in [1.807, 2.05) is 0 Å². The minimum Gasteiger partial charge on any atom is -0.361 e. The van der Waals surface area contributed by atoms with Gasteiger partial charge in [-0.1, -0.05) is 13.3 Å². The van der Waals surface area contributed by atoms with E-state index in [4.69, 9.17) is 0 Å². The molecule has 0 bridgehead atoms. The molecule has 0 saturated heterocycles. The standard InChI is InChI=1S/C7H12NP/c1-3-4-7-8-5-6(2)9-7/h5,8H,3-4H2,1-2H3. The Balaban J connectivity index is 2.61. The molecule has 0 aromatic carbocycles. The Morgan fingerprint density at radius 2 is 2.44 bits per heavy atom. The largest absolute Gasteiger partial charge is 0.361 e. The molecular weight excluding hydrogens is 129 g/mol. The second-order valence-electron chi connectivity index (χ2n) is 2.24. The molecule has 0 saturated carbocycles. The molecule has 0 atom stereocenters. The van der Waals surface area contributed by atoms with E-state index in [9.17, 15) is 0 Å². The summed E-state index contributed by atoms with van der Waals surface area (Å²) in [5.41, 5.74) is 1.45. The van der Waals surface area contributed by atoms with Crippen molar-refractivity contribution in [3.63, 3.8) is 0 Å². The Labute approximate surface area is 57.6 Å². The fraction of sp³-hybridized carbons (Fsp3) is 0.571. The molecule has 1 heterocycles. The van der Waals surface area contributed by atoms with Crippen LogP contribution in [0.4, 0.5) is 0 Å². The topological polar surface area (TPSA) is 15.8 Å². The normalized spacial score (nSPS) is 10.9. The molecule has 1 nitrogen and oxygen atoms in total. The zero-order valence-corrected chi connectivity index (χ0v) is 6.83. The third-order valence-electron chi connectivity index (χ3n) is 1.25. The lowest BCUT2D eigenvalue weighted by Crippen LogP contribution is -1.76. The average molecular weight is 141 g/mol. The highest BCUT2D eigenvalue weighted by Gasteiger charge is 1.92. The lowest BCUT2D eigenvalue weighted by Gasteiger charge is -1.87. The first-order valence-corrected chi connectivity index (χ1v) is 4.23. The van der Waals surface area contributed by atoms with Gasteiger partial charge in [0.05, 0.1) is 0 Å². The first-order chi connectivity index (χ1) is 4.33. The van der Waals surface area contributed by atoms with Crippen LogP contribution in [-0.2, 0) is 6.42 Å². The predicted octanol–water partition coefficient (Wildman–Crippen LogP) is 2.86. The van der Waals surface area contributed by atoms with Crippen molar-refractivity contribution in [2.45, 2.75) is 26.7 Å². The van der Waals surface area contributed by atoms with Crippen LogP contribution in [0, 0.1) is 6.92 Å². The van der Waals surface area contributed by atoms with Gasteiger partial charge >= 0.3 is 0 Å². The number of aromatic nitrogens is 1. The number of hydrogen-bond donors (Lipinski definition) is 1. The SMILES string of the molecule is CCCc1[nH]cc(C)p1. The van der Waals surface area contributed by atoms with Crippen molar-refractivity contribution in [2.75, 3.05) is 0 Å². The molecule has 0 amide bonds. The van der Waals surface area contributed by atoms with Crippen LogP contribution in [0.3, 0.4) is 0 Å². The molecule has 9 heavy (non-hydrogen) atoms. The van der Waals surface area contributed by atoms with E-state index in [1.54, 1.807) is 0 Å². The molecule has 1 aromatic rings.